The van der Waals surface area contributed by atoms with Crippen LogP contribution in [0.4, 0.5) is 0 Å². The van der Waals surface area contributed by atoms with Crippen LogP contribution in [-0.2, 0) is 10.0 Å². The minimum Gasteiger partial charge on any atom is -0.336 e. The van der Waals surface area contributed by atoms with Gasteiger partial charge >= 0.3 is 0 Å². The summed E-state index contributed by atoms with van der Waals surface area (Å²) in [6, 6.07) is 4.76. The number of hydrogen-bond acceptors (Lipinski definition) is 3. The van der Waals surface area contributed by atoms with Gasteiger partial charge in [0.1, 0.15) is 0 Å². The maximum absolute atomic E-state index is 12.6. The Morgan fingerprint density at radius 3 is 2.76 bits per heavy atom. The van der Waals surface area contributed by atoms with Crippen molar-refractivity contribution in [2.24, 2.45) is 5.14 Å². The second-order valence-corrected chi connectivity index (χ2v) is 7.63. The number of carbonyl (C=O) groups excluding carboxylic acids is 1. The van der Waals surface area contributed by atoms with E-state index in [9.17, 15) is 13.2 Å². The van der Waals surface area contributed by atoms with E-state index in [4.69, 9.17) is 5.14 Å². The van der Waals surface area contributed by atoms with Crippen LogP contribution in [0.3, 0.4) is 0 Å². The second kappa shape index (κ2) is 6.46. The summed E-state index contributed by atoms with van der Waals surface area (Å²) in [6.07, 6.45) is 4.02. The lowest BCUT2D eigenvalue weighted by molar-refractivity contribution is 0.0608. The number of amides is 1. The van der Waals surface area contributed by atoms with Gasteiger partial charge in [0.2, 0.25) is 10.0 Å². The lowest BCUT2D eigenvalue weighted by Crippen LogP contribution is -2.43. The number of primary sulfonamides is 1. The molecule has 1 aromatic carbocycles. The fourth-order valence-electron chi connectivity index (χ4n) is 2.71. The van der Waals surface area contributed by atoms with Gasteiger partial charge in [-0.2, -0.15) is 0 Å². The topological polar surface area (TPSA) is 80.5 Å². The zero-order chi connectivity index (χ0) is 15.6. The van der Waals surface area contributed by atoms with Crippen molar-refractivity contribution in [2.45, 2.75) is 43.5 Å². The largest absolute Gasteiger partial charge is 0.336 e. The van der Waals surface area contributed by atoms with E-state index >= 15 is 0 Å². The molecule has 1 fully saturated rings. The van der Waals surface area contributed by atoms with Crippen molar-refractivity contribution in [2.75, 3.05) is 6.54 Å². The average molecular weight is 375 g/mol. The van der Waals surface area contributed by atoms with E-state index in [0.717, 1.165) is 32.2 Å². The molecule has 116 valence electrons. The van der Waals surface area contributed by atoms with E-state index in [2.05, 4.69) is 22.9 Å². The van der Waals surface area contributed by atoms with Crippen LogP contribution in [0.5, 0.6) is 0 Å². The number of likely N-dealkylation sites (tertiary alicyclic amines) is 1. The molecule has 1 atom stereocenters. The molecule has 2 N–H and O–H groups in total. The van der Waals surface area contributed by atoms with Gasteiger partial charge in [-0.3, -0.25) is 4.79 Å². The van der Waals surface area contributed by atoms with Gasteiger partial charge in [-0.25, -0.2) is 13.6 Å². The molecule has 0 aromatic heterocycles. The molecule has 0 radical (unpaired) electrons. The molecule has 1 amide bonds. The van der Waals surface area contributed by atoms with Gasteiger partial charge in [-0.05, 0) is 59.8 Å². The van der Waals surface area contributed by atoms with Crippen molar-refractivity contribution < 1.29 is 13.2 Å². The molecule has 1 aromatic rings. The van der Waals surface area contributed by atoms with Crippen LogP contribution in [0, 0.1) is 0 Å². The number of rotatable bonds is 3. The highest BCUT2D eigenvalue weighted by Crippen LogP contribution is 2.25. The number of halogens is 1. The van der Waals surface area contributed by atoms with Crippen LogP contribution in [-0.4, -0.2) is 31.8 Å². The zero-order valence-electron chi connectivity index (χ0n) is 11.9. The number of benzene rings is 1. The van der Waals surface area contributed by atoms with Gasteiger partial charge in [0, 0.05) is 22.6 Å². The van der Waals surface area contributed by atoms with Crippen molar-refractivity contribution in [3.8, 4) is 0 Å². The molecule has 1 aliphatic rings. The van der Waals surface area contributed by atoms with E-state index in [1.165, 1.54) is 6.07 Å². The van der Waals surface area contributed by atoms with Crippen LogP contribution in [0.25, 0.3) is 0 Å². The molecule has 1 unspecified atom stereocenters. The van der Waals surface area contributed by atoms with E-state index in [1.807, 2.05) is 4.90 Å². The van der Waals surface area contributed by atoms with E-state index in [1.54, 1.807) is 12.1 Å². The summed E-state index contributed by atoms with van der Waals surface area (Å²) in [5.74, 6) is -0.126. The van der Waals surface area contributed by atoms with Gasteiger partial charge in [0.25, 0.3) is 5.91 Å². The van der Waals surface area contributed by atoms with Crippen molar-refractivity contribution in [1.29, 1.82) is 0 Å². The highest BCUT2D eigenvalue weighted by molar-refractivity contribution is 9.10. The Morgan fingerprint density at radius 2 is 2.14 bits per heavy atom. The Hall–Kier alpha value is -0.920. The van der Waals surface area contributed by atoms with Gasteiger partial charge < -0.3 is 4.90 Å². The first-order valence-corrected chi connectivity index (χ1v) is 9.32. The van der Waals surface area contributed by atoms with Crippen LogP contribution in [0.15, 0.2) is 27.6 Å². The molecule has 2 rings (SSSR count). The third kappa shape index (κ3) is 3.64. The van der Waals surface area contributed by atoms with Gasteiger partial charge in [0.05, 0.1) is 4.90 Å². The molecule has 1 saturated heterocycles. The van der Waals surface area contributed by atoms with Crippen LogP contribution in [0.2, 0.25) is 0 Å². The van der Waals surface area contributed by atoms with E-state index in [0.29, 0.717) is 10.0 Å². The Balaban J connectivity index is 2.35. The number of piperidine rings is 1. The summed E-state index contributed by atoms with van der Waals surface area (Å²) >= 11 is 3.15. The summed E-state index contributed by atoms with van der Waals surface area (Å²) < 4.78 is 23.5. The Labute approximate surface area is 133 Å². The summed E-state index contributed by atoms with van der Waals surface area (Å²) in [6.45, 7) is 2.78. The van der Waals surface area contributed by atoms with Crippen LogP contribution >= 0.6 is 15.9 Å². The highest BCUT2D eigenvalue weighted by Gasteiger charge is 2.27. The Kier molecular flexibility index (Phi) is 5.06. The van der Waals surface area contributed by atoms with E-state index < -0.39 is 10.0 Å². The van der Waals surface area contributed by atoms with Gasteiger partial charge in [-0.1, -0.05) is 6.92 Å². The third-order valence-corrected chi connectivity index (χ3v) is 5.75. The average Bonchev–Trinajstić information content (AvgIpc) is 2.45. The summed E-state index contributed by atoms with van der Waals surface area (Å²) in [5.41, 5.74) is 0.363. The molecule has 0 bridgehead atoms. The molecule has 7 heteroatoms. The highest BCUT2D eigenvalue weighted by atomic mass is 79.9. The van der Waals surface area contributed by atoms with Crippen LogP contribution in [0.1, 0.15) is 43.0 Å². The second-order valence-electron chi connectivity index (χ2n) is 5.25. The van der Waals surface area contributed by atoms with E-state index in [-0.39, 0.29) is 16.8 Å². The first-order chi connectivity index (χ1) is 9.84. The fourth-order valence-corrected chi connectivity index (χ4v) is 4.27. The summed E-state index contributed by atoms with van der Waals surface area (Å²) in [4.78, 5) is 14.4. The molecule has 0 aliphatic carbocycles. The van der Waals surface area contributed by atoms with Gasteiger partial charge in [0.15, 0.2) is 0 Å². The number of carbonyl (C=O) groups is 1. The number of nitrogens with two attached hydrogens (primary N) is 1. The lowest BCUT2D eigenvalue weighted by Gasteiger charge is -2.35. The third-order valence-electron chi connectivity index (χ3n) is 3.84. The first kappa shape index (κ1) is 16.5. The summed E-state index contributed by atoms with van der Waals surface area (Å²) in [5, 5.41) is 5.18. The minimum absolute atomic E-state index is 0.0570. The number of nitrogens with zero attached hydrogens (tertiary/aromatic N) is 1. The molecule has 0 spiro atoms. The molecule has 21 heavy (non-hydrogen) atoms. The van der Waals surface area contributed by atoms with Crippen molar-refractivity contribution in [3.05, 3.63) is 28.2 Å². The standard InChI is InChI=1S/C14H19BrN2O3S/c1-2-11-5-3-4-8-17(11)14(18)10-6-7-12(15)13(9-10)21(16,19)20/h6-7,9,11H,2-5,8H2,1H3,(H2,16,19,20). The predicted octanol–water partition coefficient (Wildman–Crippen LogP) is 2.50. The minimum atomic E-state index is -3.86. The van der Waals surface area contributed by atoms with Gasteiger partial charge in [-0.15, -0.1) is 0 Å². The normalized spacial score (nSPS) is 19.6. The van der Waals surface area contributed by atoms with Crippen LogP contribution < -0.4 is 5.14 Å². The van der Waals surface area contributed by atoms with Crippen molar-refractivity contribution in [3.63, 3.8) is 0 Å². The molecular formula is C14H19BrN2O3S. The van der Waals surface area contributed by atoms with Crippen molar-refractivity contribution >= 4 is 31.9 Å². The number of sulfonamides is 1. The van der Waals surface area contributed by atoms with Crippen molar-refractivity contribution in [1.82, 2.24) is 4.90 Å². The SMILES string of the molecule is CCC1CCCCN1C(=O)c1ccc(Br)c(S(N)(=O)=O)c1. The zero-order valence-corrected chi connectivity index (χ0v) is 14.3. The smallest absolute Gasteiger partial charge is 0.254 e. The maximum atomic E-state index is 12.6. The monoisotopic (exact) mass is 374 g/mol. The fraction of sp³-hybridized carbons (Fsp3) is 0.500. The summed E-state index contributed by atoms with van der Waals surface area (Å²) in [7, 11) is -3.86. The quantitative estimate of drug-likeness (QED) is 0.882. The predicted molar refractivity (Wildman–Crippen MR) is 84.5 cm³/mol. The molecule has 0 saturated carbocycles. The maximum Gasteiger partial charge on any atom is 0.254 e. The first-order valence-electron chi connectivity index (χ1n) is 6.98. The molecular weight excluding hydrogens is 356 g/mol. The molecule has 5 nitrogen and oxygen atoms in total. The Morgan fingerprint density at radius 1 is 1.43 bits per heavy atom. The molecule has 1 aliphatic heterocycles. The number of hydrogen-bond donors (Lipinski definition) is 1. The lowest BCUT2D eigenvalue weighted by atomic mass is 9.99. The molecule has 1 heterocycles. The Bertz CT molecular complexity index is 646.